The number of nitrogens with zero attached hydrogens (tertiary/aromatic N) is 1. The number of ether oxygens (including phenoxy) is 1. The van der Waals surface area contributed by atoms with Gasteiger partial charge in [-0.2, -0.15) is 0 Å². The van der Waals surface area contributed by atoms with Crippen LogP contribution in [0.3, 0.4) is 0 Å². The highest BCUT2D eigenvalue weighted by Gasteiger charge is 2.22. The molecule has 10 heteroatoms. The van der Waals surface area contributed by atoms with Crippen LogP contribution in [0.1, 0.15) is 21.5 Å². The zero-order valence-electron chi connectivity index (χ0n) is 17.2. The summed E-state index contributed by atoms with van der Waals surface area (Å²) in [5.74, 6) is -4.69. The summed E-state index contributed by atoms with van der Waals surface area (Å²) in [5.41, 5.74) is -0.329. The Hall–Kier alpha value is -3.92. The maximum atomic E-state index is 13.8. The van der Waals surface area contributed by atoms with Gasteiger partial charge < -0.3 is 9.84 Å². The van der Waals surface area contributed by atoms with Crippen molar-refractivity contribution in [1.82, 2.24) is 4.98 Å². The molecule has 3 rings (SSSR count). The first-order valence-corrected chi connectivity index (χ1v) is 11.3. The van der Waals surface area contributed by atoms with Crippen molar-refractivity contribution in [3.8, 4) is 0 Å². The minimum absolute atomic E-state index is 0.0114. The molecule has 0 saturated carbocycles. The van der Waals surface area contributed by atoms with E-state index in [1.54, 1.807) is 0 Å². The van der Waals surface area contributed by atoms with Crippen molar-refractivity contribution in [3.63, 3.8) is 0 Å². The van der Waals surface area contributed by atoms with Crippen LogP contribution in [0, 0.1) is 11.6 Å². The topological polar surface area (TPSA) is 111 Å². The molecule has 0 aliphatic heterocycles. The summed E-state index contributed by atoms with van der Waals surface area (Å²) >= 11 is 0. The number of carboxylic acids is 1. The van der Waals surface area contributed by atoms with Crippen LogP contribution in [0.2, 0.25) is 0 Å². The van der Waals surface area contributed by atoms with Gasteiger partial charge in [0.15, 0.2) is 21.5 Å². The number of benzene rings is 2. The van der Waals surface area contributed by atoms with Gasteiger partial charge in [-0.1, -0.05) is 18.2 Å². The van der Waals surface area contributed by atoms with Crippen LogP contribution in [0.15, 0.2) is 71.9 Å². The van der Waals surface area contributed by atoms with Crippen molar-refractivity contribution in [2.24, 2.45) is 0 Å². The first kappa shape index (κ1) is 23.7. The number of carbonyl (C=O) groups excluding carboxylic acids is 1. The third-order valence-electron chi connectivity index (χ3n) is 4.60. The quantitative estimate of drug-likeness (QED) is 0.317. The number of carboxylic acid groups (broad SMARTS) is 1. The van der Waals surface area contributed by atoms with Crippen LogP contribution < -0.4 is 0 Å². The van der Waals surface area contributed by atoms with E-state index >= 15 is 0 Å². The molecule has 0 fully saturated rings. The molecule has 2 aromatic carbocycles. The lowest BCUT2D eigenvalue weighted by Gasteiger charge is -2.15. The average molecular weight is 473 g/mol. The summed E-state index contributed by atoms with van der Waals surface area (Å²) in [6, 6.07) is 10.7. The van der Waals surface area contributed by atoms with Crippen LogP contribution in [-0.2, 0) is 19.4 Å². The van der Waals surface area contributed by atoms with Crippen molar-refractivity contribution in [2.75, 3.05) is 12.9 Å². The maximum absolute atomic E-state index is 13.8. The van der Waals surface area contributed by atoms with E-state index in [2.05, 4.69) is 4.98 Å². The normalized spacial score (nSPS) is 12.1. The first-order chi connectivity index (χ1) is 15.6. The van der Waals surface area contributed by atoms with Gasteiger partial charge in [-0.25, -0.2) is 26.8 Å². The van der Waals surface area contributed by atoms with E-state index in [9.17, 15) is 31.9 Å². The Morgan fingerprint density at radius 2 is 1.64 bits per heavy atom. The second kappa shape index (κ2) is 9.70. The van der Waals surface area contributed by atoms with Gasteiger partial charge >= 0.3 is 11.9 Å². The van der Waals surface area contributed by atoms with Gasteiger partial charge in [-0.05, 0) is 47.5 Å². The molecule has 0 saturated heterocycles. The van der Waals surface area contributed by atoms with Crippen molar-refractivity contribution in [1.29, 1.82) is 0 Å². The summed E-state index contributed by atoms with van der Waals surface area (Å²) in [6.07, 6.45) is 3.73. The van der Waals surface area contributed by atoms with Gasteiger partial charge in [0.25, 0.3) is 0 Å². The second-order valence-corrected chi connectivity index (χ2v) is 8.92. The lowest BCUT2D eigenvalue weighted by Crippen LogP contribution is -2.12. The van der Waals surface area contributed by atoms with Gasteiger partial charge in [-0.15, -0.1) is 0 Å². The Morgan fingerprint density at radius 1 is 0.970 bits per heavy atom. The van der Waals surface area contributed by atoms with Crippen molar-refractivity contribution in [2.45, 2.75) is 4.90 Å². The average Bonchev–Trinajstić information content (AvgIpc) is 2.78. The van der Waals surface area contributed by atoms with Crippen molar-refractivity contribution in [3.05, 3.63) is 95.3 Å². The van der Waals surface area contributed by atoms with Crippen molar-refractivity contribution >= 4 is 32.9 Å². The number of carbonyl (C=O) groups is 2. The fourth-order valence-electron chi connectivity index (χ4n) is 2.99. The molecule has 0 radical (unpaired) electrons. The predicted molar refractivity (Wildman–Crippen MR) is 115 cm³/mol. The Labute approximate surface area is 187 Å². The number of aliphatic carboxylic acids is 1. The molecule has 0 amide bonds. The van der Waals surface area contributed by atoms with Crippen LogP contribution in [0.25, 0.3) is 11.1 Å². The summed E-state index contributed by atoms with van der Waals surface area (Å²) in [6.45, 7) is -0.549. The molecule has 0 aliphatic carbocycles. The fraction of sp³-hybridized carbons (Fsp3) is 0.0870. The standard InChI is InChI=1S/C23H17F2NO6S/c1-33(30,31)17-7-4-14(5-8-17)18(13-32-23(29)16-3-2-10-26-12-16)21(22(27)28)15-6-9-19(24)20(25)11-15/h2-12H,13H2,1H3,(H,27,28). The molecule has 170 valence electrons. The van der Waals surface area contributed by atoms with E-state index in [0.29, 0.717) is 6.07 Å². The van der Waals surface area contributed by atoms with Gasteiger partial charge in [0.1, 0.15) is 6.61 Å². The highest BCUT2D eigenvalue weighted by atomic mass is 32.2. The lowest BCUT2D eigenvalue weighted by molar-refractivity contribution is -0.130. The number of aromatic nitrogens is 1. The van der Waals surface area contributed by atoms with Gasteiger partial charge in [0, 0.05) is 24.2 Å². The minimum atomic E-state index is -3.52. The summed E-state index contributed by atoms with van der Waals surface area (Å²) in [4.78, 5) is 28.3. The zero-order chi connectivity index (χ0) is 24.2. The number of halogens is 2. The smallest absolute Gasteiger partial charge is 0.340 e. The van der Waals surface area contributed by atoms with E-state index in [4.69, 9.17) is 4.74 Å². The Kier molecular flexibility index (Phi) is 6.98. The molecule has 0 aliphatic rings. The molecular weight excluding hydrogens is 456 g/mol. The van der Waals surface area contributed by atoms with Crippen LogP contribution >= 0.6 is 0 Å². The molecule has 1 aromatic heterocycles. The maximum Gasteiger partial charge on any atom is 0.340 e. The Morgan fingerprint density at radius 3 is 2.18 bits per heavy atom. The number of sulfone groups is 1. The number of hydrogen-bond donors (Lipinski definition) is 1. The van der Waals surface area contributed by atoms with E-state index < -0.39 is 45.6 Å². The molecule has 1 heterocycles. The highest BCUT2D eigenvalue weighted by molar-refractivity contribution is 7.90. The number of rotatable bonds is 7. The Bertz CT molecular complexity index is 1340. The van der Waals surface area contributed by atoms with Gasteiger partial charge in [0.05, 0.1) is 16.0 Å². The van der Waals surface area contributed by atoms with Crippen LogP contribution in [-0.4, -0.2) is 43.3 Å². The minimum Gasteiger partial charge on any atom is -0.478 e. The number of hydrogen-bond acceptors (Lipinski definition) is 6. The Balaban J connectivity index is 2.12. The molecule has 0 atom stereocenters. The highest BCUT2D eigenvalue weighted by Crippen LogP contribution is 2.29. The second-order valence-electron chi connectivity index (χ2n) is 6.90. The molecule has 33 heavy (non-hydrogen) atoms. The summed E-state index contributed by atoms with van der Waals surface area (Å²) in [7, 11) is -3.52. The monoisotopic (exact) mass is 473 g/mol. The largest absolute Gasteiger partial charge is 0.478 e. The van der Waals surface area contributed by atoms with E-state index in [1.165, 1.54) is 48.8 Å². The fourth-order valence-corrected chi connectivity index (χ4v) is 3.62. The number of esters is 1. The third-order valence-corrected chi connectivity index (χ3v) is 5.73. The van der Waals surface area contributed by atoms with E-state index in [-0.39, 0.29) is 27.2 Å². The molecular formula is C23H17F2NO6S. The molecule has 1 N–H and O–H groups in total. The molecule has 0 unspecified atom stereocenters. The van der Waals surface area contributed by atoms with Gasteiger partial charge in [0.2, 0.25) is 0 Å². The summed E-state index contributed by atoms with van der Waals surface area (Å²) < 4.78 is 56.0. The molecule has 3 aromatic rings. The first-order valence-electron chi connectivity index (χ1n) is 9.37. The van der Waals surface area contributed by atoms with E-state index in [1.807, 2.05) is 0 Å². The third kappa shape index (κ3) is 5.66. The zero-order valence-corrected chi connectivity index (χ0v) is 18.0. The lowest BCUT2D eigenvalue weighted by atomic mass is 9.95. The SMILES string of the molecule is CS(=O)(=O)c1ccc(C(COC(=O)c2cccnc2)=C(C(=O)O)c2ccc(F)c(F)c2)cc1. The molecule has 0 bridgehead atoms. The van der Waals surface area contributed by atoms with Crippen LogP contribution in [0.5, 0.6) is 0 Å². The van der Waals surface area contributed by atoms with Crippen LogP contribution in [0.4, 0.5) is 8.78 Å². The van der Waals surface area contributed by atoms with Crippen molar-refractivity contribution < 1.29 is 36.6 Å². The summed E-state index contributed by atoms with van der Waals surface area (Å²) in [5, 5.41) is 9.86. The molecule has 0 spiro atoms. The van der Waals surface area contributed by atoms with E-state index in [0.717, 1.165) is 18.4 Å². The van der Waals surface area contributed by atoms with Gasteiger partial charge in [-0.3, -0.25) is 4.98 Å². The molecule has 7 nitrogen and oxygen atoms in total. The predicted octanol–water partition coefficient (Wildman–Crippen LogP) is 3.62. The number of pyridine rings is 1.